The molecule has 0 aromatic heterocycles. The number of allylic oxidation sites excluding steroid dienone is 1. The van der Waals surface area contributed by atoms with Crippen LogP contribution in [0.15, 0.2) is 9.67 Å². The molecule has 1 aliphatic rings. The number of unbranched alkanes of at least 4 members (excludes halogenated alkanes) is 3. The van der Waals surface area contributed by atoms with Crippen molar-refractivity contribution in [2.24, 2.45) is 5.92 Å². The molecule has 0 unspecified atom stereocenters. The van der Waals surface area contributed by atoms with E-state index in [1.807, 2.05) is 0 Å². The van der Waals surface area contributed by atoms with E-state index >= 15 is 0 Å². The van der Waals surface area contributed by atoms with Crippen molar-refractivity contribution in [1.29, 1.82) is 0 Å². The topological polar surface area (TPSA) is 20.2 Å². The van der Waals surface area contributed by atoms with Gasteiger partial charge >= 0.3 is 184 Å². The fourth-order valence-electron chi connectivity index (χ4n) is 4.28. The van der Waals surface area contributed by atoms with Crippen LogP contribution in [0.1, 0.15) is 86.0 Å². The molecule has 0 bridgehead atoms. The van der Waals surface area contributed by atoms with Crippen molar-refractivity contribution in [3.63, 3.8) is 0 Å². The van der Waals surface area contributed by atoms with Crippen LogP contribution in [-0.4, -0.2) is 45.7 Å². The maximum absolute atomic E-state index is 10.9. The van der Waals surface area contributed by atoms with Gasteiger partial charge in [-0.15, -0.1) is 0 Å². The van der Waals surface area contributed by atoms with Gasteiger partial charge in [-0.2, -0.15) is 0 Å². The predicted molar refractivity (Wildman–Crippen MR) is 132 cm³/mol. The summed E-state index contributed by atoms with van der Waals surface area (Å²) in [5, 5.41) is 10.9. The van der Waals surface area contributed by atoms with Crippen LogP contribution in [0.3, 0.4) is 0 Å². The zero-order chi connectivity index (χ0) is 20.1. The Bertz CT molecular complexity index is 385. The standard InChI is InChI=1S/C11H19OS2.3C4H9.Sn/c1-3-5-9(2)10(12)8-11-13-6-4-7-14-11;3*1-3-4-2;/h5,9-12H,4,6-8H2,1-2H3;3*1,3-4H2,2H3;/t9-,10-;;;;/m0..../s1. The van der Waals surface area contributed by atoms with E-state index in [2.05, 4.69) is 64.2 Å². The van der Waals surface area contributed by atoms with Crippen molar-refractivity contribution in [3.05, 3.63) is 9.67 Å². The average Bonchev–Trinajstić information content (AvgIpc) is 2.68. The first-order valence-electron chi connectivity index (χ1n) is 11.6. The zero-order valence-electron chi connectivity index (χ0n) is 18.8. The van der Waals surface area contributed by atoms with Crippen LogP contribution in [0.25, 0.3) is 0 Å². The summed E-state index contributed by atoms with van der Waals surface area (Å²) >= 11 is 1.85. The van der Waals surface area contributed by atoms with Gasteiger partial charge in [0.15, 0.2) is 0 Å². The molecule has 1 nitrogen and oxygen atoms in total. The summed E-state index contributed by atoms with van der Waals surface area (Å²) in [4.78, 5) is 0. The molecular formula is C23H46OS2Sn. The summed E-state index contributed by atoms with van der Waals surface area (Å²) < 4.78 is 6.98. The van der Waals surface area contributed by atoms with Crippen LogP contribution in [0.4, 0.5) is 0 Å². The van der Waals surface area contributed by atoms with Gasteiger partial charge in [-0.3, -0.25) is 0 Å². The summed E-state index contributed by atoms with van der Waals surface area (Å²) in [6, 6.07) is 0. The van der Waals surface area contributed by atoms with Gasteiger partial charge < -0.3 is 0 Å². The fraction of sp³-hybridized carbons (Fsp3) is 0.913. The molecule has 1 rings (SSSR count). The van der Waals surface area contributed by atoms with E-state index in [0.717, 1.165) is 6.42 Å². The molecule has 0 aromatic carbocycles. The molecule has 1 saturated heterocycles. The Kier molecular flexibility index (Phi) is 14.6. The monoisotopic (exact) mass is 522 g/mol. The van der Waals surface area contributed by atoms with Crippen LogP contribution in [-0.2, 0) is 0 Å². The normalized spacial score (nSPS) is 19.3. The Hall–Kier alpha value is 1.20. The van der Waals surface area contributed by atoms with E-state index < -0.39 is 18.4 Å². The number of aliphatic hydroxyl groups is 1. The van der Waals surface area contributed by atoms with Crippen molar-refractivity contribution in [2.45, 2.75) is 110 Å². The third kappa shape index (κ3) is 9.70. The third-order valence-electron chi connectivity index (χ3n) is 6.31. The Balaban J connectivity index is 2.85. The van der Waals surface area contributed by atoms with E-state index in [-0.39, 0.29) is 6.10 Å². The molecule has 0 amide bonds. The second kappa shape index (κ2) is 15.1. The third-order valence-corrected chi connectivity index (χ3v) is 25.8. The number of hydrogen-bond acceptors (Lipinski definition) is 3. The molecule has 160 valence electrons. The van der Waals surface area contributed by atoms with Crippen molar-refractivity contribution in [3.8, 4) is 0 Å². The van der Waals surface area contributed by atoms with E-state index in [1.165, 1.54) is 69.8 Å². The first-order chi connectivity index (χ1) is 13.0. The molecule has 0 aliphatic carbocycles. The van der Waals surface area contributed by atoms with Gasteiger partial charge in [0, 0.05) is 0 Å². The molecule has 1 heterocycles. The molecule has 0 radical (unpaired) electrons. The van der Waals surface area contributed by atoms with Crippen LogP contribution in [0, 0.1) is 5.92 Å². The van der Waals surface area contributed by atoms with Gasteiger partial charge in [-0.05, 0) is 0 Å². The maximum atomic E-state index is 10.9. The SMILES string of the molecule is CCC[CH2][Sn]([CH2]CCC)([CH2]CCC)/[C](C)=C/[C@H](C)[C@@H](O)CC1SCCCS1. The second-order valence-corrected chi connectivity index (χ2v) is 25.4. The summed E-state index contributed by atoms with van der Waals surface area (Å²) in [5.41, 5.74) is 0. The van der Waals surface area contributed by atoms with E-state index in [9.17, 15) is 5.11 Å². The summed E-state index contributed by atoms with van der Waals surface area (Å²) in [6.07, 6.45) is 12.9. The van der Waals surface area contributed by atoms with Crippen molar-refractivity contribution >= 4 is 41.9 Å². The van der Waals surface area contributed by atoms with E-state index in [4.69, 9.17) is 0 Å². The fourth-order valence-corrected chi connectivity index (χ4v) is 23.3. The molecule has 0 aromatic rings. The van der Waals surface area contributed by atoms with Gasteiger partial charge in [0.2, 0.25) is 0 Å². The Morgan fingerprint density at radius 1 is 1.00 bits per heavy atom. The summed E-state index contributed by atoms with van der Waals surface area (Å²) in [5.74, 6) is 2.87. The van der Waals surface area contributed by atoms with Gasteiger partial charge in [0.05, 0.1) is 0 Å². The van der Waals surface area contributed by atoms with Crippen LogP contribution in [0.2, 0.25) is 13.3 Å². The van der Waals surface area contributed by atoms with Gasteiger partial charge in [-0.25, -0.2) is 0 Å². The van der Waals surface area contributed by atoms with Crippen molar-refractivity contribution < 1.29 is 5.11 Å². The van der Waals surface area contributed by atoms with Gasteiger partial charge in [0.1, 0.15) is 0 Å². The Morgan fingerprint density at radius 3 is 1.93 bits per heavy atom. The van der Waals surface area contributed by atoms with Gasteiger partial charge in [0.25, 0.3) is 0 Å². The molecule has 1 fully saturated rings. The average molecular weight is 521 g/mol. The van der Waals surface area contributed by atoms with E-state index in [0.29, 0.717) is 10.5 Å². The molecule has 0 saturated carbocycles. The number of thioether (sulfide) groups is 2. The molecular weight excluding hydrogens is 475 g/mol. The molecule has 0 spiro atoms. The van der Waals surface area contributed by atoms with Crippen LogP contribution in [0.5, 0.6) is 0 Å². The molecule has 1 aliphatic heterocycles. The first-order valence-corrected chi connectivity index (χ1v) is 21.2. The predicted octanol–water partition coefficient (Wildman–Crippen LogP) is 7.90. The van der Waals surface area contributed by atoms with E-state index in [1.54, 1.807) is 3.59 Å². The quantitative estimate of drug-likeness (QED) is 0.235. The Labute approximate surface area is 183 Å². The van der Waals surface area contributed by atoms with Crippen LogP contribution >= 0.6 is 23.5 Å². The summed E-state index contributed by atoms with van der Waals surface area (Å²) in [6.45, 7) is 11.8. The van der Waals surface area contributed by atoms with Crippen LogP contribution < -0.4 is 0 Å². The zero-order valence-corrected chi connectivity index (χ0v) is 23.3. The second-order valence-electron chi connectivity index (χ2n) is 8.63. The Morgan fingerprint density at radius 2 is 1.48 bits per heavy atom. The number of aliphatic hydroxyl groups excluding tert-OH is 1. The van der Waals surface area contributed by atoms with Crippen molar-refractivity contribution in [1.82, 2.24) is 0 Å². The summed E-state index contributed by atoms with van der Waals surface area (Å²) in [7, 11) is 0. The first kappa shape index (κ1) is 26.2. The van der Waals surface area contributed by atoms with Gasteiger partial charge in [-0.1, -0.05) is 0 Å². The van der Waals surface area contributed by atoms with Crippen molar-refractivity contribution in [2.75, 3.05) is 11.5 Å². The molecule has 4 heteroatoms. The molecule has 1 N–H and O–H groups in total. The number of hydrogen-bond donors (Lipinski definition) is 1. The molecule has 27 heavy (non-hydrogen) atoms. The number of rotatable bonds is 14. The minimum absolute atomic E-state index is 0.171. The minimum atomic E-state index is -2.28. The molecule has 2 atom stereocenters.